The molecule has 1 aliphatic heterocycles. The van der Waals surface area contributed by atoms with Crippen LogP contribution in [0.15, 0.2) is 22.4 Å². The van der Waals surface area contributed by atoms with E-state index in [2.05, 4.69) is 21.5 Å². The molecular formula is C11H18FN3O. The SMILES string of the molecule is C=C(/N=C(/C)N=CCCF)N1CCOCC1. The summed E-state index contributed by atoms with van der Waals surface area (Å²) in [5.74, 6) is 1.29. The van der Waals surface area contributed by atoms with Crippen molar-refractivity contribution in [1.82, 2.24) is 4.90 Å². The molecule has 1 heterocycles. The predicted octanol–water partition coefficient (Wildman–Crippen LogP) is 1.64. The highest BCUT2D eigenvalue weighted by Crippen LogP contribution is 2.07. The Morgan fingerprint density at radius 1 is 1.50 bits per heavy atom. The van der Waals surface area contributed by atoms with Gasteiger partial charge >= 0.3 is 0 Å². The Morgan fingerprint density at radius 2 is 2.19 bits per heavy atom. The van der Waals surface area contributed by atoms with Gasteiger partial charge in [0.25, 0.3) is 0 Å². The van der Waals surface area contributed by atoms with E-state index >= 15 is 0 Å². The Morgan fingerprint density at radius 3 is 2.81 bits per heavy atom. The molecule has 0 unspecified atom stereocenters. The molecule has 0 N–H and O–H groups in total. The zero-order chi connectivity index (χ0) is 11.8. The molecule has 4 nitrogen and oxygen atoms in total. The van der Waals surface area contributed by atoms with E-state index in [-0.39, 0.29) is 6.67 Å². The summed E-state index contributed by atoms with van der Waals surface area (Å²) < 4.78 is 17.1. The molecule has 16 heavy (non-hydrogen) atoms. The summed E-state index contributed by atoms with van der Waals surface area (Å²) in [6, 6.07) is 0. The van der Waals surface area contributed by atoms with Gasteiger partial charge in [-0.2, -0.15) is 0 Å². The van der Waals surface area contributed by atoms with Crippen LogP contribution in [-0.2, 0) is 4.74 Å². The third kappa shape index (κ3) is 4.53. The molecule has 0 aromatic heterocycles. The first-order valence-corrected chi connectivity index (χ1v) is 5.39. The maximum absolute atomic E-state index is 11.8. The lowest BCUT2D eigenvalue weighted by molar-refractivity contribution is 0.0534. The van der Waals surface area contributed by atoms with Crippen molar-refractivity contribution in [1.29, 1.82) is 0 Å². The molecule has 0 radical (unpaired) electrons. The number of morpholine rings is 1. The minimum atomic E-state index is -0.388. The number of hydrogen-bond acceptors (Lipinski definition) is 3. The number of nitrogens with zero attached hydrogens (tertiary/aromatic N) is 3. The van der Waals surface area contributed by atoms with E-state index in [1.165, 1.54) is 6.21 Å². The van der Waals surface area contributed by atoms with Gasteiger partial charge in [0, 0.05) is 25.7 Å². The summed E-state index contributed by atoms with van der Waals surface area (Å²) in [5.41, 5.74) is 0. The van der Waals surface area contributed by atoms with Crippen LogP contribution in [0.2, 0.25) is 0 Å². The first-order valence-electron chi connectivity index (χ1n) is 5.39. The lowest BCUT2D eigenvalue weighted by Crippen LogP contribution is -2.34. The third-order valence-electron chi connectivity index (χ3n) is 2.18. The quantitative estimate of drug-likeness (QED) is 0.541. The Bertz CT molecular complexity index is 283. The molecule has 0 aromatic carbocycles. The van der Waals surface area contributed by atoms with Crippen LogP contribution in [0.3, 0.4) is 0 Å². The van der Waals surface area contributed by atoms with Gasteiger partial charge in [0.1, 0.15) is 11.7 Å². The predicted molar refractivity (Wildman–Crippen MR) is 63.7 cm³/mol. The van der Waals surface area contributed by atoms with Crippen LogP contribution in [0.5, 0.6) is 0 Å². The van der Waals surface area contributed by atoms with E-state index in [0.717, 1.165) is 13.1 Å². The fraction of sp³-hybridized carbons (Fsp3) is 0.636. The zero-order valence-electron chi connectivity index (χ0n) is 9.65. The van der Waals surface area contributed by atoms with Crippen molar-refractivity contribution < 1.29 is 9.13 Å². The number of ether oxygens (including phenoxy) is 1. The molecule has 0 spiro atoms. The lowest BCUT2D eigenvalue weighted by atomic mass is 10.4. The second-order valence-electron chi connectivity index (χ2n) is 3.46. The third-order valence-corrected chi connectivity index (χ3v) is 2.18. The van der Waals surface area contributed by atoms with Gasteiger partial charge in [-0.1, -0.05) is 6.58 Å². The van der Waals surface area contributed by atoms with Gasteiger partial charge in [-0.05, 0) is 6.92 Å². The van der Waals surface area contributed by atoms with E-state index in [1.54, 1.807) is 6.92 Å². The van der Waals surface area contributed by atoms with Crippen LogP contribution in [0.1, 0.15) is 13.3 Å². The number of alkyl halides is 1. The van der Waals surface area contributed by atoms with Crippen molar-refractivity contribution in [2.45, 2.75) is 13.3 Å². The highest BCUT2D eigenvalue weighted by Gasteiger charge is 2.11. The Kier molecular flexibility index (Phi) is 5.71. The summed E-state index contributed by atoms with van der Waals surface area (Å²) in [7, 11) is 0. The maximum Gasteiger partial charge on any atom is 0.127 e. The van der Waals surface area contributed by atoms with Crippen molar-refractivity contribution in [2.75, 3.05) is 33.0 Å². The molecule has 0 saturated carbocycles. The fourth-order valence-electron chi connectivity index (χ4n) is 1.35. The van der Waals surface area contributed by atoms with Crippen LogP contribution in [0.25, 0.3) is 0 Å². The van der Waals surface area contributed by atoms with E-state index < -0.39 is 0 Å². The van der Waals surface area contributed by atoms with Crippen molar-refractivity contribution in [2.24, 2.45) is 9.98 Å². The Hall–Kier alpha value is -1.23. The Balaban J connectivity index is 2.43. The van der Waals surface area contributed by atoms with Crippen molar-refractivity contribution in [3.8, 4) is 0 Å². The van der Waals surface area contributed by atoms with Gasteiger partial charge in [-0.25, -0.2) is 9.98 Å². The number of amidine groups is 1. The highest BCUT2D eigenvalue weighted by atomic mass is 19.1. The average molecular weight is 227 g/mol. The minimum Gasteiger partial charge on any atom is -0.378 e. The molecule has 1 saturated heterocycles. The topological polar surface area (TPSA) is 37.2 Å². The molecule has 5 heteroatoms. The molecule has 1 fully saturated rings. The summed E-state index contributed by atoms with van der Waals surface area (Å²) in [6.07, 6.45) is 1.86. The standard InChI is InChI=1S/C11H18FN3O/c1-10(13-5-3-4-12)14-11(2)15-6-8-16-9-7-15/h5H,2-4,6-9H2,1H3/b13-5?,14-10-. The molecule has 1 aliphatic rings. The summed E-state index contributed by atoms with van der Waals surface area (Å²) in [5, 5.41) is 0. The van der Waals surface area contributed by atoms with E-state index in [9.17, 15) is 4.39 Å². The lowest BCUT2D eigenvalue weighted by Gasteiger charge is -2.28. The maximum atomic E-state index is 11.8. The number of rotatable bonds is 4. The molecule has 0 bridgehead atoms. The summed E-state index contributed by atoms with van der Waals surface area (Å²) in [4.78, 5) is 10.3. The molecule has 0 aliphatic carbocycles. The summed E-state index contributed by atoms with van der Waals surface area (Å²) >= 11 is 0. The van der Waals surface area contributed by atoms with Gasteiger partial charge in [-0.3, -0.25) is 4.39 Å². The van der Waals surface area contributed by atoms with Crippen LogP contribution in [-0.4, -0.2) is 49.9 Å². The van der Waals surface area contributed by atoms with E-state index in [4.69, 9.17) is 4.74 Å². The molecule has 0 aromatic rings. The fourth-order valence-corrected chi connectivity index (χ4v) is 1.35. The van der Waals surface area contributed by atoms with E-state index in [1.807, 2.05) is 0 Å². The van der Waals surface area contributed by atoms with E-state index in [0.29, 0.717) is 31.3 Å². The Labute approximate surface area is 95.5 Å². The number of aliphatic imine (C=N–C) groups is 2. The van der Waals surface area contributed by atoms with Gasteiger partial charge in [0.15, 0.2) is 0 Å². The second kappa shape index (κ2) is 7.11. The summed E-state index contributed by atoms with van der Waals surface area (Å²) in [6.45, 7) is 8.30. The molecule has 1 rings (SSSR count). The van der Waals surface area contributed by atoms with Crippen molar-refractivity contribution in [3.63, 3.8) is 0 Å². The van der Waals surface area contributed by atoms with Crippen molar-refractivity contribution >= 4 is 12.1 Å². The molecule has 0 atom stereocenters. The number of halogens is 1. The number of hydrogen-bond donors (Lipinski definition) is 0. The van der Waals surface area contributed by atoms with Gasteiger partial charge in [-0.15, -0.1) is 0 Å². The van der Waals surface area contributed by atoms with Gasteiger partial charge < -0.3 is 9.64 Å². The average Bonchev–Trinajstić information content (AvgIpc) is 2.30. The highest BCUT2D eigenvalue weighted by molar-refractivity contribution is 5.88. The zero-order valence-corrected chi connectivity index (χ0v) is 9.65. The first-order chi connectivity index (χ1) is 7.74. The first kappa shape index (κ1) is 12.8. The van der Waals surface area contributed by atoms with Crippen LogP contribution >= 0.6 is 0 Å². The molecule has 90 valence electrons. The monoisotopic (exact) mass is 227 g/mol. The van der Waals surface area contributed by atoms with Crippen molar-refractivity contribution in [3.05, 3.63) is 12.4 Å². The minimum absolute atomic E-state index is 0.330. The largest absolute Gasteiger partial charge is 0.378 e. The molecular weight excluding hydrogens is 209 g/mol. The smallest absolute Gasteiger partial charge is 0.127 e. The van der Waals surface area contributed by atoms with Crippen LogP contribution in [0, 0.1) is 0 Å². The normalized spacial score (nSPS) is 18.1. The second-order valence-corrected chi connectivity index (χ2v) is 3.46. The van der Waals surface area contributed by atoms with Gasteiger partial charge in [0.05, 0.1) is 19.9 Å². The van der Waals surface area contributed by atoms with Crippen LogP contribution < -0.4 is 0 Å². The van der Waals surface area contributed by atoms with Crippen LogP contribution in [0.4, 0.5) is 4.39 Å². The molecule has 0 amide bonds. The van der Waals surface area contributed by atoms with Gasteiger partial charge in [0.2, 0.25) is 0 Å².